The Morgan fingerprint density at radius 1 is 1.40 bits per heavy atom. The van der Waals surface area contributed by atoms with Gasteiger partial charge < -0.3 is 20.6 Å². The zero-order valence-electron chi connectivity index (χ0n) is 12.8. The van der Waals surface area contributed by atoms with Crippen molar-refractivity contribution in [3.05, 3.63) is 0 Å². The molecule has 0 fully saturated rings. The Kier molecular flexibility index (Phi) is 10.3. The molecule has 0 aromatic carbocycles. The number of rotatable bonds is 10. The fourth-order valence-electron chi connectivity index (χ4n) is 1.58. The normalized spacial score (nSPS) is 13.8. The number of carbonyl (C=O) groups excluding carboxylic acids is 1. The van der Waals surface area contributed by atoms with E-state index in [0.717, 1.165) is 13.0 Å². The number of carboxylic acids is 1. The molecule has 0 aliphatic carbocycles. The minimum absolute atomic E-state index is 0.420. The van der Waals surface area contributed by atoms with E-state index in [1.807, 2.05) is 13.3 Å². The van der Waals surface area contributed by atoms with Gasteiger partial charge in [0.25, 0.3) is 0 Å². The second-order valence-electron chi connectivity index (χ2n) is 4.81. The number of urea groups is 1. The Hall–Kier alpha value is -0.950. The van der Waals surface area contributed by atoms with Crippen LogP contribution in [-0.2, 0) is 4.79 Å². The van der Waals surface area contributed by atoms with Crippen molar-refractivity contribution >= 4 is 23.8 Å². The van der Waals surface area contributed by atoms with Gasteiger partial charge in [-0.25, -0.2) is 9.59 Å². The molecular formula is C13H27N3O3S. The topological polar surface area (TPSA) is 81.7 Å². The van der Waals surface area contributed by atoms with Gasteiger partial charge in [-0.05, 0) is 38.8 Å². The van der Waals surface area contributed by atoms with E-state index in [1.165, 1.54) is 0 Å². The predicted octanol–water partition coefficient (Wildman–Crippen LogP) is 1.22. The second kappa shape index (κ2) is 10.8. The van der Waals surface area contributed by atoms with E-state index in [1.54, 1.807) is 11.8 Å². The highest BCUT2D eigenvalue weighted by Gasteiger charge is 2.19. The first-order valence-electron chi connectivity index (χ1n) is 6.88. The number of likely N-dealkylation sites (N-methyl/N-ethyl adjacent to an activating group) is 1. The third kappa shape index (κ3) is 8.27. The molecule has 2 atom stereocenters. The molecule has 2 unspecified atom stereocenters. The smallest absolute Gasteiger partial charge is 0.326 e. The van der Waals surface area contributed by atoms with Gasteiger partial charge in [-0.15, -0.1) is 0 Å². The molecule has 0 bridgehead atoms. The van der Waals surface area contributed by atoms with E-state index in [-0.39, 0.29) is 0 Å². The number of hydrogen-bond donors (Lipinski definition) is 3. The predicted molar refractivity (Wildman–Crippen MR) is 83.3 cm³/mol. The van der Waals surface area contributed by atoms with Crippen LogP contribution in [0.4, 0.5) is 4.79 Å². The molecule has 0 aromatic rings. The second-order valence-corrected chi connectivity index (χ2v) is 5.80. The molecule has 7 heteroatoms. The first kappa shape index (κ1) is 19.1. The molecule has 3 N–H and O–H groups in total. The molecule has 0 radical (unpaired) electrons. The Labute approximate surface area is 125 Å². The zero-order chi connectivity index (χ0) is 15.5. The van der Waals surface area contributed by atoms with Crippen molar-refractivity contribution in [1.82, 2.24) is 15.5 Å². The monoisotopic (exact) mass is 305 g/mol. The molecule has 0 saturated heterocycles. The number of hydrogen-bond acceptors (Lipinski definition) is 4. The summed E-state index contributed by atoms with van der Waals surface area (Å²) in [5.41, 5.74) is 0. The maximum Gasteiger partial charge on any atom is 0.326 e. The Balaban J connectivity index is 3.99. The van der Waals surface area contributed by atoms with Gasteiger partial charge >= 0.3 is 12.0 Å². The van der Waals surface area contributed by atoms with Crippen molar-refractivity contribution in [1.29, 1.82) is 0 Å². The maximum atomic E-state index is 11.6. The maximum absolute atomic E-state index is 11.6. The number of amides is 2. The number of thioether (sulfide) groups is 1. The van der Waals surface area contributed by atoms with Crippen LogP contribution in [-0.4, -0.2) is 66.2 Å². The fraction of sp³-hybridized carbons (Fsp3) is 0.846. The molecule has 0 aromatic heterocycles. The average molecular weight is 305 g/mol. The van der Waals surface area contributed by atoms with Crippen molar-refractivity contribution in [2.24, 2.45) is 0 Å². The summed E-state index contributed by atoms with van der Waals surface area (Å²) in [5.74, 6) is -0.292. The van der Waals surface area contributed by atoms with Crippen LogP contribution in [0.25, 0.3) is 0 Å². The van der Waals surface area contributed by atoms with Crippen LogP contribution in [0, 0.1) is 0 Å². The largest absolute Gasteiger partial charge is 0.480 e. The summed E-state index contributed by atoms with van der Waals surface area (Å²) in [4.78, 5) is 24.8. The van der Waals surface area contributed by atoms with Crippen molar-refractivity contribution < 1.29 is 14.7 Å². The molecule has 0 spiro atoms. The summed E-state index contributed by atoms with van der Waals surface area (Å²) < 4.78 is 0. The first-order chi connectivity index (χ1) is 9.42. The Morgan fingerprint density at radius 2 is 2.05 bits per heavy atom. The van der Waals surface area contributed by atoms with Crippen LogP contribution in [0.1, 0.15) is 26.7 Å². The SMILES string of the molecule is CCC(C)N(C)CCNC(=O)NC(CCSC)C(=O)O. The summed E-state index contributed by atoms with van der Waals surface area (Å²) in [6.45, 7) is 5.49. The van der Waals surface area contributed by atoms with Crippen LogP contribution < -0.4 is 10.6 Å². The van der Waals surface area contributed by atoms with Crippen LogP contribution in [0.15, 0.2) is 0 Å². The lowest BCUT2D eigenvalue weighted by Crippen LogP contribution is -2.48. The van der Waals surface area contributed by atoms with Crippen molar-refractivity contribution in [3.8, 4) is 0 Å². The zero-order valence-corrected chi connectivity index (χ0v) is 13.6. The number of carboxylic acid groups (broad SMARTS) is 1. The molecule has 2 amide bonds. The standard InChI is InChI=1S/C13H27N3O3S/c1-5-10(2)16(3)8-7-14-13(19)15-11(12(17)18)6-9-20-4/h10-11H,5-9H2,1-4H3,(H,17,18)(H2,14,15,19). The van der Waals surface area contributed by atoms with Gasteiger partial charge in [0.2, 0.25) is 0 Å². The van der Waals surface area contributed by atoms with E-state index in [4.69, 9.17) is 5.11 Å². The lowest BCUT2D eigenvalue weighted by molar-refractivity contribution is -0.139. The van der Waals surface area contributed by atoms with Crippen LogP contribution in [0.2, 0.25) is 0 Å². The quantitative estimate of drug-likeness (QED) is 0.565. The Bertz CT molecular complexity index is 303. The number of nitrogens with one attached hydrogen (secondary N) is 2. The van der Waals surface area contributed by atoms with Gasteiger partial charge in [0.15, 0.2) is 0 Å². The number of carbonyl (C=O) groups is 2. The third-order valence-corrected chi connectivity index (χ3v) is 3.95. The lowest BCUT2D eigenvalue weighted by atomic mass is 10.2. The molecule has 20 heavy (non-hydrogen) atoms. The summed E-state index contributed by atoms with van der Waals surface area (Å²) >= 11 is 1.56. The molecule has 118 valence electrons. The average Bonchev–Trinajstić information content (AvgIpc) is 2.41. The highest BCUT2D eigenvalue weighted by Crippen LogP contribution is 2.01. The van der Waals surface area contributed by atoms with Gasteiger partial charge in [0.05, 0.1) is 0 Å². The summed E-state index contributed by atoms with van der Waals surface area (Å²) in [5, 5.41) is 14.2. The van der Waals surface area contributed by atoms with Gasteiger partial charge in [0, 0.05) is 19.1 Å². The van der Waals surface area contributed by atoms with E-state index < -0.39 is 18.0 Å². The van der Waals surface area contributed by atoms with Gasteiger partial charge in [-0.2, -0.15) is 11.8 Å². The molecule has 0 aliphatic rings. The van der Waals surface area contributed by atoms with E-state index in [0.29, 0.717) is 24.8 Å². The molecule has 6 nitrogen and oxygen atoms in total. The Morgan fingerprint density at radius 3 is 2.55 bits per heavy atom. The number of nitrogens with zero attached hydrogens (tertiary/aromatic N) is 1. The van der Waals surface area contributed by atoms with E-state index >= 15 is 0 Å². The summed E-state index contributed by atoms with van der Waals surface area (Å²) in [7, 11) is 2.01. The van der Waals surface area contributed by atoms with Crippen LogP contribution in [0.5, 0.6) is 0 Å². The molecule has 0 rings (SSSR count). The van der Waals surface area contributed by atoms with E-state index in [2.05, 4.69) is 29.4 Å². The van der Waals surface area contributed by atoms with Crippen molar-refractivity contribution in [3.63, 3.8) is 0 Å². The van der Waals surface area contributed by atoms with Crippen molar-refractivity contribution in [2.75, 3.05) is 32.1 Å². The van der Waals surface area contributed by atoms with Crippen molar-refractivity contribution in [2.45, 2.75) is 38.8 Å². The molecular weight excluding hydrogens is 278 g/mol. The fourth-order valence-corrected chi connectivity index (χ4v) is 2.05. The third-order valence-electron chi connectivity index (χ3n) is 3.31. The molecule has 0 aliphatic heterocycles. The minimum Gasteiger partial charge on any atom is -0.480 e. The van der Waals surface area contributed by atoms with Crippen LogP contribution >= 0.6 is 11.8 Å². The van der Waals surface area contributed by atoms with E-state index in [9.17, 15) is 9.59 Å². The van der Waals surface area contributed by atoms with Crippen LogP contribution in [0.3, 0.4) is 0 Å². The highest BCUT2D eigenvalue weighted by molar-refractivity contribution is 7.98. The summed E-state index contributed by atoms with van der Waals surface area (Å²) in [6, 6.07) is -0.779. The number of aliphatic carboxylic acids is 1. The lowest BCUT2D eigenvalue weighted by Gasteiger charge is -2.23. The molecule has 0 heterocycles. The summed E-state index contributed by atoms with van der Waals surface area (Å²) in [6.07, 6.45) is 3.39. The van der Waals surface area contributed by atoms with Gasteiger partial charge in [0.1, 0.15) is 6.04 Å². The van der Waals surface area contributed by atoms with Gasteiger partial charge in [-0.3, -0.25) is 0 Å². The first-order valence-corrected chi connectivity index (χ1v) is 8.28. The van der Waals surface area contributed by atoms with Gasteiger partial charge in [-0.1, -0.05) is 6.92 Å². The molecule has 0 saturated carbocycles. The highest BCUT2D eigenvalue weighted by atomic mass is 32.2. The minimum atomic E-state index is -0.995.